The van der Waals surface area contributed by atoms with E-state index in [9.17, 15) is 4.39 Å². The van der Waals surface area contributed by atoms with Crippen molar-refractivity contribution in [2.45, 2.75) is 52.7 Å². The van der Waals surface area contributed by atoms with Crippen molar-refractivity contribution in [3.63, 3.8) is 0 Å². The van der Waals surface area contributed by atoms with Crippen LogP contribution in [0.1, 0.15) is 41.5 Å². The minimum Gasteiger partial charge on any atom is -0.485 e. The number of ether oxygens (including phenoxy) is 2. The van der Waals surface area contributed by atoms with Crippen molar-refractivity contribution in [1.29, 1.82) is 0 Å². The second kappa shape index (κ2) is 4.67. The Morgan fingerprint density at radius 1 is 0.889 bits per heavy atom. The average molecular weight is 255 g/mol. The largest absolute Gasteiger partial charge is 0.485 e. The summed E-state index contributed by atoms with van der Waals surface area (Å²) in [7, 11) is 0. The molecule has 0 aliphatic carbocycles. The van der Waals surface area contributed by atoms with Gasteiger partial charge in [0.15, 0.2) is 11.5 Å². The van der Waals surface area contributed by atoms with Crippen molar-refractivity contribution < 1.29 is 13.9 Å². The smallest absolute Gasteiger partial charge is 0.207 e. The van der Waals surface area contributed by atoms with Crippen LogP contribution in [0.25, 0.3) is 0 Å². The molecular weight excluding hydrogens is 233 g/mol. The highest BCUT2D eigenvalue weighted by Crippen LogP contribution is 2.34. The van der Waals surface area contributed by atoms with Crippen LogP contribution < -0.4 is 15.2 Å². The van der Waals surface area contributed by atoms with Gasteiger partial charge in [0.05, 0.1) is 0 Å². The van der Waals surface area contributed by atoms with Gasteiger partial charge in [-0.05, 0) is 41.5 Å². The first-order valence-corrected chi connectivity index (χ1v) is 5.95. The third-order valence-electron chi connectivity index (χ3n) is 1.86. The van der Waals surface area contributed by atoms with Gasteiger partial charge in [-0.15, -0.1) is 0 Å². The molecule has 3 nitrogen and oxygen atoms in total. The van der Waals surface area contributed by atoms with Crippen LogP contribution in [0.3, 0.4) is 0 Å². The zero-order valence-electron chi connectivity index (χ0n) is 11.9. The minimum absolute atomic E-state index is 0.113. The fraction of sp³-hybridized carbons (Fsp3) is 0.571. The molecule has 0 heterocycles. The molecule has 0 unspecified atom stereocenters. The summed E-state index contributed by atoms with van der Waals surface area (Å²) < 4.78 is 25.3. The Labute approximate surface area is 108 Å². The Morgan fingerprint density at radius 2 is 1.22 bits per heavy atom. The van der Waals surface area contributed by atoms with Crippen molar-refractivity contribution >= 4 is 5.69 Å². The number of rotatable bonds is 2. The molecule has 18 heavy (non-hydrogen) atoms. The maximum atomic E-state index is 14.2. The van der Waals surface area contributed by atoms with Crippen LogP contribution in [0.2, 0.25) is 0 Å². The van der Waals surface area contributed by atoms with Crippen LogP contribution in [0.4, 0.5) is 10.1 Å². The Morgan fingerprint density at radius 3 is 1.50 bits per heavy atom. The Hall–Kier alpha value is -1.45. The summed E-state index contributed by atoms with van der Waals surface area (Å²) in [6.45, 7) is 11.1. The summed E-state index contributed by atoms with van der Waals surface area (Å²) in [5.74, 6) is -0.294. The van der Waals surface area contributed by atoms with E-state index in [1.54, 1.807) is 0 Å². The van der Waals surface area contributed by atoms with Crippen LogP contribution in [0.5, 0.6) is 11.5 Å². The molecule has 0 radical (unpaired) electrons. The number of halogens is 1. The highest BCUT2D eigenvalue weighted by atomic mass is 19.1. The van der Waals surface area contributed by atoms with Gasteiger partial charge in [0.2, 0.25) is 5.82 Å². The molecule has 0 aliphatic rings. The normalized spacial score (nSPS) is 12.4. The van der Waals surface area contributed by atoms with Gasteiger partial charge in [-0.3, -0.25) is 0 Å². The molecule has 2 N–H and O–H groups in total. The number of hydrogen-bond acceptors (Lipinski definition) is 3. The van der Waals surface area contributed by atoms with E-state index < -0.39 is 17.0 Å². The molecule has 1 rings (SSSR count). The van der Waals surface area contributed by atoms with Gasteiger partial charge in [-0.25, -0.2) is 0 Å². The lowest BCUT2D eigenvalue weighted by Gasteiger charge is -2.25. The van der Waals surface area contributed by atoms with E-state index in [0.717, 1.165) is 0 Å². The lowest BCUT2D eigenvalue weighted by atomic mass is 10.1. The first kappa shape index (κ1) is 14.6. The molecule has 4 heteroatoms. The molecule has 1 aromatic carbocycles. The highest BCUT2D eigenvalue weighted by molar-refractivity contribution is 5.51. The summed E-state index contributed by atoms with van der Waals surface area (Å²) in [5.41, 5.74) is 5.17. The van der Waals surface area contributed by atoms with Crippen LogP contribution in [0.15, 0.2) is 12.1 Å². The maximum Gasteiger partial charge on any atom is 0.207 e. The first-order valence-electron chi connectivity index (χ1n) is 5.95. The van der Waals surface area contributed by atoms with E-state index in [-0.39, 0.29) is 11.5 Å². The van der Waals surface area contributed by atoms with Gasteiger partial charge < -0.3 is 15.2 Å². The van der Waals surface area contributed by atoms with Crippen molar-refractivity contribution in [3.05, 3.63) is 17.9 Å². The summed E-state index contributed by atoms with van der Waals surface area (Å²) in [5, 5.41) is 0. The fourth-order valence-corrected chi connectivity index (χ4v) is 1.40. The van der Waals surface area contributed by atoms with Crippen LogP contribution in [-0.2, 0) is 0 Å². The monoisotopic (exact) mass is 255 g/mol. The third kappa shape index (κ3) is 4.43. The van der Waals surface area contributed by atoms with Crippen LogP contribution in [0, 0.1) is 5.82 Å². The lowest BCUT2D eigenvalue weighted by Crippen LogP contribution is -2.25. The molecule has 0 spiro atoms. The molecule has 0 aliphatic heterocycles. The van der Waals surface area contributed by atoms with E-state index in [0.29, 0.717) is 5.69 Å². The Bertz CT molecular complexity index is 393. The van der Waals surface area contributed by atoms with Crippen LogP contribution >= 0.6 is 0 Å². The molecule has 0 amide bonds. The number of hydrogen-bond donors (Lipinski definition) is 1. The van der Waals surface area contributed by atoms with E-state index >= 15 is 0 Å². The molecule has 102 valence electrons. The second-order valence-corrected chi connectivity index (χ2v) is 6.26. The molecule has 0 fully saturated rings. The van der Waals surface area contributed by atoms with Gasteiger partial charge in [0.25, 0.3) is 0 Å². The van der Waals surface area contributed by atoms with E-state index in [2.05, 4.69) is 0 Å². The number of benzene rings is 1. The summed E-state index contributed by atoms with van der Waals surface area (Å²) in [4.78, 5) is 0. The van der Waals surface area contributed by atoms with E-state index in [1.807, 2.05) is 41.5 Å². The van der Waals surface area contributed by atoms with Gasteiger partial charge in [0, 0.05) is 17.8 Å². The average Bonchev–Trinajstić information content (AvgIpc) is 2.07. The highest BCUT2D eigenvalue weighted by Gasteiger charge is 2.21. The first-order chi connectivity index (χ1) is 7.98. The molecule has 0 aromatic heterocycles. The van der Waals surface area contributed by atoms with Gasteiger partial charge in [-0.2, -0.15) is 4.39 Å². The molecular formula is C14H22FNO2. The summed E-state index contributed by atoms with van der Waals surface area (Å²) >= 11 is 0. The number of nitrogen functional groups attached to an aromatic ring is 1. The third-order valence-corrected chi connectivity index (χ3v) is 1.86. The molecule has 0 bridgehead atoms. The molecule has 0 saturated carbocycles. The molecule has 1 aromatic rings. The maximum absolute atomic E-state index is 14.2. The van der Waals surface area contributed by atoms with Crippen molar-refractivity contribution in [2.24, 2.45) is 0 Å². The molecule has 0 saturated heterocycles. The standard InChI is InChI=1S/C14H22FNO2/c1-13(2,3)17-10-7-9(16)8-11(12(10)15)18-14(4,5)6/h7-8H,16H2,1-6H3. The van der Waals surface area contributed by atoms with Crippen LogP contribution in [-0.4, -0.2) is 11.2 Å². The predicted molar refractivity (Wildman–Crippen MR) is 71.6 cm³/mol. The zero-order valence-corrected chi connectivity index (χ0v) is 11.9. The van der Waals surface area contributed by atoms with Crippen molar-refractivity contribution in [3.8, 4) is 11.5 Å². The number of anilines is 1. The van der Waals surface area contributed by atoms with Crippen molar-refractivity contribution in [2.75, 3.05) is 5.73 Å². The topological polar surface area (TPSA) is 44.5 Å². The quantitative estimate of drug-likeness (QED) is 0.818. The zero-order chi connectivity index (χ0) is 14.1. The van der Waals surface area contributed by atoms with Crippen molar-refractivity contribution in [1.82, 2.24) is 0 Å². The second-order valence-electron chi connectivity index (χ2n) is 6.26. The van der Waals surface area contributed by atoms with Gasteiger partial charge in [-0.1, -0.05) is 0 Å². The summed E-state index contributed by atoms with van der Waals surface area (Å²) in [6.07, 6.45) is 0. The summed E-state index contributed by atoms with van der Waals surface area (Å²) in [6, 6.07) is 2.94. The Kier molecular flexibility index (Phi) is 3.79. The minimum atomic E-state index is -0.519. The van der Waals surface area contributed by atoms with Gasteiger partial charge in [0.1, 0.15) is 11.2 Å². The fourth-order valence-electron chi connectivity index (χ4n) is 1.40. The Balaban J connectivity index is 3.14. The van der Waals surface area contributed by atoms with E-state index in [1.165, 1.54) is 12.1 Å². The lowest BCUT2D eigenvalue weighted by molar-refractivity contribution is 0.109. The predicted octanol–water partition coefficient (Wildman–Crippen LogP) is 3.76. The van der Waals surface area contributed by atoms with E-state index in [4.69, 9.17) is 15.2 Å². The number of nitrogens with two attached hydrogens (primary N) is 1. The molecule has 0 atom stereocenters. The van der Waals surface area contributed by atoms with Gasteiger partial charge >= 0.3 is 0 Å². The SMILES string of the molecule is CC(C)(C)Oc1cc(N)cc(OC(C)(C)C)c1F.